The standard InChI is InChI=1S/C19H22FN3O6S2/c1-10-5-22(6-11(2)28-10)16-12(8-24)4-14-17(15(16)20)29-21-18(14)23-7-13(30-19(23)25)9-31(3,26)27/h4,8,10-11,13H,5-7,9H2,1-3H3/t10-,11-,13-/m1/s1. The number of anilines is 2. The summed E-state index contributed by atoms with van der Waals surface area (Å²) in [5.41, 5.74) is 0.0683. The average Bonchev–Trinajstić information content (AvgIpc) is 3.22. The number of rotatable bonds is 5. The van der Waals surface area contributed by atoms with Crippen LogP contribution >= 0.6 is 11.8 Å². The van der Waals surface area contributed by atoms with Crippen molar-refractivity contribution in [3.8, 4) is 0 Å². The van der Waals surface area contributed by atoms with Crippen molar-refractivity contribution in [2.75, 3.05) is 41.4 Å². The van der Waals surface area contributed by atoms with Crippen molar-refractivity contribution >= 4 is 55.6 Å². The molecule has 12 heteroatoms. The summed E-state index contributed by atoms with van der Waals surface area (Å²) in [7, 11) is -3.28. The van der Waals surface area contributed by atoms with Crippen LogP contribution in [0.2, 0.25) is 0 Å². The zero-order chi connectivity index (χ0) is 22.5. The Bertz CT molecular complexity index is 1140. The summed E-state index contributed by atoms with van der Waals surface area (Å²) >= 11 is 0.889. The Hall–Kier alpha value is -2.18. The van der Waals surface area contributed by atoms with Crippen molar-refractivity contribution in [3.05, 3.63) is 17.4 Å². The SMILES string of the molecule is C[C@@H]1CN(c2c(C=O)cc3c(N4C[C@H](CS(C)(=O)=O)SC4=O)noc3c2F)C[C@@H](C)O1. The molecule has 1 aromatic carbocycles. The van der Waals surface area contributed by atoms with Crippen LogP contribution in [-0.2, 0) is 14.6 Å². The number of hydrogen-bond donors (Lipinski definition) is 0. The molecule has 0 bridgehead atoms. The second-order valence-corrected chi connectivity index (χ2v) is 11.4. The van der Waals surface area contributed by atoms with Crippen molar-refractivity contribution in [1.82, 2.24) is 5.16 Å². The number of amides is 1. The minimum atomic E-state index is -3.28. The van der Waals surface area contributed by atoms with Gasteiger partial charge in [0.25, 0.3) is 5.24 Å². The average molecular weight is 472 g/mol. The van der Waals surface area contributed by atoms with Crippen LogP contribution in [0.15, 0.2) is 10.6 Å². The van der Waals surface area contributed by atoms with E-state index in [-0.39, 0.29) is 52.5 Å². The molecular weight excluding hydrogens is 449 g/mol. The first-order valence-electron chi connectivity index (χ1n) is 9.70. The molecule has 0 aliphatic carbocycles. The Morgan fingerprint density at radius 3 is 2.58 bits per heavy atom. The minimum absolute atomic E-state index is 0.0702. The molecule has 31 heavy (non-hydrogen) atoms. The smallest absolute Gasteiger partial charge is 0.287 e. The van der Waals surface area contributed by atoms with E-state index in [1.165, 1.54) is 11.0 Å². The van der Waals surface area contributed by atoms with Gasteiger partial charge in [0.2, 0.25) is 5.58 Å². The highest BCUT2D eigenvalue weighted by molar-refractivity contribution is 8.15. The van der Waals surface area contributed by atoms with Gasteiger partial charge in [-0.2, -0.15) is 0 Å². The van der Waals surface area contributed by atoms with Gasteiger partial charge >= 0.3 is 0 Å². The van der Waals surface area contributed by atoms with Crippen LogP contribution < -0.4 is 9.80 Å². The van der Waals surface area contributed by atoms with Gasteiger partial charge in [-0.25, -0.2) is 12.8 Å². The van der Waals surface area contributed by atoms with Crippen molar-refractivity contribution in [3.63, 3.8) is 0 Å². The maximum atomic E-state index is 15.5. The Morgan fingerprint density at radius 2 is 1.97 bits per heavy atom. The van der Waals surface area contributed by atoms with E-state index in [0.29, 0.717) is 19.4 Å². The molecule has 2 aliphatic rings. The number of ether oxygens (including phenoxy) is 1. The highest BCUT2D eigenvalue weighted by atomic mass is 32.2. The first kappa shape index (κ1) is 22.0. The van der Waals surface area contributed by atoms with E-state index >= 15 is 4.39 Å². The van der Waals surface area contributed by atoms with Gasteiger partial charge in [0, 0.05) is 36.7 Å². The Labute approximate surface area is 182 Å². The van der Waals surface area contributed by atoms with Crippen LogP contribution in [0, 0.1) is 5.82 Å². The van der Waals surface area contributed by atoms with Crippen LogP contribution in [0.3, 0.4) is 0 Å². The largest absolute Gasteiger partial charge is 0.372 e. The fourth-order valence-electron chi connectivity index (χ4n) is 4.12. The summed E-state index contributed by atoms with van der Waals surface area (Å²) in [5.74, 6) is -0.825. The molecule has 3 heterocycles. The van der Waals surface area contributed by atoms with Crippen molar-refractivity contribution < 1.29 is 31.7 Å². The zero-order valence-electron chi connectivity index (χ0n) is 17.2. The topological polar surface area (TPSA) is 110 Å². The first-order valence-corrected chi connectivity index (χ1v) is 12.6. The maximum Gasteiger partial charge on any atom is 0.287 e. The summed E-state index contributed by atoms with van der Waals surface area (Å²) in [6.07, 6.45) is 1.38. The fourth-order valence-corrected chi connectivity index (χ4v) is 6.71. The lowest BCUT2D eigenvalue weighted by Gasteiger charge is -2.37. The predicted molar refractivity (Wildman–Crippen MR) is 115 cm³/mol. The Kier molecular flexibility index (Phi) is 5.73. The number of carbonyl (C=O) groups excluding carboxylic acids is 2. The molecule has 0 N–H and O–H groups in total. The molecule has 0 saturated carbocycles. The monoisotopic (exact) mass is 471 g/mol. The predicted octanol–water partition coefficient (Wildman–Crippen LogP) is 2.48. The van der Waals surface area contributed by atoms with Crippen LogP contribution in [0.25, 0.3) is 11.0 Å². The van der Waals surface area contributed by atoms with Crippen LogP contribution in [-0.4, -0.2) is 74.2 Å². The molecule has 0 radical (unpaired) electrons. The number of morpholine rings is 1. The van der Waals surface area contributed by atoms with Gasteiger partial charge in [-0.05, 0) is 19.9 Å². The van der Waals surface area contributed by atoms with Gasteiger partial charge < -0.3 is 14.2 Å². The van der Waals surface area contributed by atoms with Crippen LogP contribution in [0.4, 0.5) is 20.7 Å². The van der Waals surface area contributed by atoms with Crippen LogP contribution in [0.5, 0.6) is 0 Å². The lowest BCUT2D eigenvalue weighted by Crippen LogP contribution is -2.46. The highest BCUT2D eigenvalue weighted by Crippen LogP contribution is 2.39. The van der Waals surface area contributed by atoms with E-state index in [2.05, 4.69) is 5.16 Å². The molecule has 3 atom stereocenters. The third kappa shape index (κ3) is 4.28. The second-order valence-electron chi connectivity index (χ2n) is 8.00. The summed E-state index contributed by atoms with van der Waals surface area (Å²) in [4.78, 5) is 27.3. The normalized spacial score (nSPS) is 24.9. The van der Waals surface area contributed by atoms with Gasteiger partial charge in [-0.3, -0.25) is 14.5 Å². The van der Waals surface area contributed by atoms with E-state index in [1.807, 2.05) is 13.8 Å². The third-order valence-electron chi connectivity index (χ3n) is 5.17. The number of nitrogens with zero attached hydrogens (tertiary/aromatic N) is 3. The summed E-state index contributed by atoms with van der Waals surface area (Å²) in [6.45, 7) is 4.65. The zero-order valence-corrected chi connectivity index (χ0v) is 18.8. The second kappa shape index (κ2) is 8.06. The van der Waals surface area contributed by atoms with Gasteiger partial charge in [0.1, 0.15) is 9.84 Å². The van der Waals surface area contributed by atoms with E-state index in [0.717, 1.165) is 18.0 Å². The van der Waals surface area contributed by atoms with Crippen molar-refractivity contribution in [1.29, 1.82) is 0 Å². The van der Waals surface area contributed by atoms with Gasteiger partial charge in [-0.15, -0.1) is 0 Å². The third-order valence-corrected chi connectivity index (χ3v) is 7.46. The van der Waals surface area contributed by atoms with Crippen molar-refractivity contribution in [2.24, 2.45) is 0 Å². The van der Waals surface area contributed by atoms with Crippen LogP contribution in [0.1, 0.15) is 24.2 Å². The highest BCUT2D eigenvalue weighted by Gasteiger charge is 2.37. The van der Waals surface area contributed by atoms with Gasteiger partial charge in [0.15, 0.2) is 17.9 Å². The Morgan fingerprint density at radius 1 is 1.29 bits per heavy atom. The molecule has 1 aromatic heterocycles. The van der Waals surface area contributed by atoms with E-state index in [4.69, 9.17) is 9.26 Å². The summed E-state index contributed by atoms with van der Waals surface area (Å²) in [6, 6.07) is 1.46. The molecule has 1 amide bonds. The quantitative estimate of drug-likeness (QED) is 0.607. The van der Waals surface area contributed by atoms with E-state index < -0.39 is 26.1 Å². The van der Waals surface area contributed by atoms with Crippen molar-refractivity contribution in [2.45, 2.75) is 31.3 Å². The number of thioether (sulfide) groups is 1. The summed E-state index contributed by atoms with van der Waals surface area (Å²) < 4.78 is 49.6. The minimum Gasteiger partial charge on any atom is -0.372 e. The molecule has 2 aliphatic heterocycles. The number of aldehydes is 1. The molecule has 0 spiro atoms. The van der Waals surface area contributed by atoms with E-state index in [9.17, 15) is 18.0 Å². The molecule has 2 saturated heterocycles. The van der Waals surface area contributed by atoms with E-state index in [1.54, 1.807) is 4.90 Å². The fraction of sp³-hybridized carbons (Fsp3) is 0.526. The lowest BCUT2D eigenvalue weighted by molar-refractivity contribution is -0.00543. The number of aromatic nitrogens is 1. The number of fused-ring (bicyclic) bond motifs is 1. The van der Waals surface area contributed by atoms with Gasteiger partial charge in [0.05, 0.1) is 29.0 Å². The molecule has 168 valence electrons. The molecule has 9 nitrogen and oxygen atoms in total. The Balaban J connectivity index is 1.73. The molecule has 2 aromatic rings. The molecular formula is C19H22FN3O6S2. The van der Waals surface area contributed by atoms with Gasteiger partial charge in [-0.1, -0.05) is 16.9 Å². The first-order chi connectivity index (χ1) is 14.6. The number of carbonyl (C=O) groups is 2. The molecule has 0 unspecified atom stereocenters. The molecule has 2 fully saturated rings. The number of benzene rings is 1. The number of sulfone groups is 1. The number of halogens is 1. The number of hydrogen-bond acceptors (Lipinski definition) is 9. The maximum absolute atomic E-state index is 15.5. The lowest BCUT2D eigenvalue weighted by atomic mass is 10.1. The molecule has 4 rings (SSSR count). The summed E-state index contributed by atoms with van der Waals surface area (Å²) in [5, 5.41) is 3.19.